The van der Waals surface area contributed by atoms with Crippen LogP contribution in [-0.4, -0.2) is 29.5 Å². The fraction of sp³-hybridized carbons (Fsp3) is 0.273. The van der Waals surface area contributed by atoms with Gasteiger partial charge in [0.05, 0.1) is 25.6 Å². The molecular formula is C22H24N2O3. The van der Waals surface area contributed by atoms with Crippen LogP contribution in [0.25, 0.3) is 22.4 Å². The topological polar surface area (TPSA) is 53.4 Å². The molecule has 1 unspecified atom stereocenters. The minimum absolute atomic E-state index is 0.262. The molecule has 0 aliphatic heterocycles. The summed E-state index contributed by atoms with van der Waals surface area (Å²) in [7, 11) is 1.65. The number of benzene rings is 2. The van der Waals surface area contributed by atoms with Crippen molar-refractivity contribution in [3.8, 4) is 28.1 Å². The number of methoxy groups -OCH3 is 1. The van der Waals surface area contributed by atoms with Crippen LogP contribution in [0, 0.1) is 0 Å². The van der Waals surface area contributed by atoms with Gasteiger partial charge in [-0.2, -0.15) is 5.10 Å². The van der Waals surface area contributed by atoms with E-state index in [0.717, 1.165) is 28.1 Å². The second-order valence-electron chi connectivity index (χ2n) is 6.12. The van der Waals surface area contributed by atoms with E-state index in [1.54, 1.807) is 11.8 Å². The van der Waals surface area contributed by atoms with Crippen molar-refractivity contribution < 1.29 is 14.3 Å². The summed E-state index contributed by atoms with van der Waals surface area (Å²) in [4.78, 5) is 12.5. The lowest BCUT2D eigenvalue weighted by Gasteiger charge is -2.18. The minimum atomic E-state index is -0.466. The van der Waals surface area contributed by atoms with E-state index in [1.165, 1.54) is 0 Å². The average molecular weight is 364 g/mol. The van der Waals surface area contributed by atoms with E-state index < -0.39 is 6.04 Å². The molecule has 0 saturated heterocycles. The SMILES string of the molecule is CCOC(=O)C(CC)n1ncc(-c2ccc(OC)cc2)c1-c1ccccc1. The Balaban J connectivity index is 2.14. The van der Waals surface area contributed by atoms with E-state index in [1.807, 2.05) is 74.6 Å². The van der Waals surface area contributed by atoms with E-state index in [2.05, 4.69) is 5.10 Å². The highest BCUT2D eigenvalue weighted by Gasteiger charge is 2.26. The molecule has 0 aliphatic rings. The van der Waals surface area contributed by atoms with Gasteiger partial charge in [-0.15, -0.1) is 0 Å². The molecular weight excluding hydrogens is 340 g/mol. The smallest absolute Gasteiger partial charge is 0.330 e. The zero-order valence-corrected chi connectivity index (χ0v) is 15.9. The second-order valence-corrected chi connectivity index (χ2v) is 6.12. The molecule has 0 fully saturated rings. The summed E-state index contributed by atoms with van der Waals surface area (Å²) in [6.45, 7) is 4.13. The number of carbonyl (C=O) groups excluding carboxylic acids is 1. The maximum atomic E-state index is 12.5. The molecule has 27 heavy (non-hydrogen) atoms. The number of nitrogens with zero attached hydrogens (tertiary/aromatic N) is 2. The maximum Gasteiger partial charge on any atom is 0.330 e. The number of esters is 1. The van der Waals surface area contributed by atoms with Crippen LogP contribution in [0.2, 0.25) is 0 Å². The molecule has 1 aromatic heterocycles. The van der Waals surface area contributed by atoms with Crippen LogP contribution in [0.4, 0.5) is 0 Å². The molecule has 5 heteroatoms. The lowest BCUT2D eigenvalue weighted by Crippen LogP contribution is -2.23. The predicted molar refractivity (Wildman–Crippen MR) is 106 cm³/mol. The van der Waals surface area contributed by atoms with Crippen LogP contribution in [0.5, 0.6) is 5.75 Å². The third-order valence-electron chi connectivity index (χ3n) is 4.48. The first kappa shape index (κ1) is 18.7. The number of ether oxygens (including phenoxy) is 2. The molecule has 0 spiro atoms. The molecule has 0 aliphatic carbocycles. The van der Waals surface area contributed by atoms with Crippen molar-refractivity contribution in [1.29, 1.82) is 0 Å². The van der Waals surface area contributed by atoms with Gasteiger partial charge >= 0.3 is 5.97 Å². The van der Waals surface area contributed by atoms with Gasteiger partial charge < -0.3 is 9.47 Å². The highest BCUT2D eigenvalue weighted by atomic mass is 16.5. The normalized spacial score (nSPS) is 11.8. The molecule has 0 N–H and O–H groups in total. The van der Waals surface area contributed by atoms with E-state index in [0.29, 0.717) is 13.0 Å². The summed E-state index contributed by atoms with van der Waals surface area (Å²) in [5, 5.41) is 4.57. The molecule has 3 aromatic rings. The minimum Gasteiger partial charge on any atom is -0.497 e. The van der Waals surface area contributed by atoms with Crippen LogP contribution >= 0.6 is 0 Å². The van der Waals surface area contributed by atoms with Crippen molar-refractivity contribution in [3.63, 3.8) is 0 Å². The molecule has 2 aromatic carbocycles. The van der Waals surface area contributed by atoms with Crippen molar-refractivity contribution in [2.75, 3.05) is 13.7 Å². The van der Waals surface area contributed by atoms with Gasteiger partial charge in [0, 0.05) is 11.1 Å². The Morgan fingerprint density at radius 3 is 2.33 bits per heavy atom. The first-order valence-electron chi connectivity index (χ1n) is 9.13. The fourth-order valence-electron chi connectivity index (χ4n) is 3.14. The van der Waals surface area contributed by atoms with Crippen LogP contribution in [0.15, 0.2) is 60.8 Å². The molecule has 5 nitrogen and oxygen atoms in total. The number of rotatable bonds is 7. The second kappa shape index (κ2) is 8.54. The van der Waals surface area contributed by atoms with E-state index in [9.17, 15) is 4.79 Å². The monoisotopic (exact) mass is 364 g/mol. The number of aromatic nitrogens is 2. The van der Waals surface area contributed by atoms with Crippen molar-refractivity contribution in [2.24, 2.45) is 0 Å². The Bertz CT molecular complexity index is 886. The van der Waals surface area contributed by atoms with Gasteiger partial charge in [0.1, 0.15) is 11.8 Å². The van der Waals surface area contributed by atoms with Gasteiger partial charge in [-0.25, -0.2) is 9.48 Å². The van der Waals surface area contributed by atoms with E-state index in [-0.39, 0.29) is 5.97 Å². The molecule has 0 amide bonds. The average Bonchev–Trinajstić information content (AvgIpc) is 3.14. The first-order chi connectivity index (χ1) is 13.2. The van der Waals surface area contributed by atoms with Gasteiger partial charge in [0.25, 0.3) is 0 Å². The standard InChI is InChI=1S/C22H24N2O3/c1-4-20(22(25)27-5-2)24-21(17-9-7-6-8-10-17)19(15-23-24)16-11-13-18(26-3)14-12-16/h6-15,20H,4-5H2,1-3H3. The Morgan fingerprint density at radius 1 is 1.04 bits per heavy atom. The molecule has 0 saturated carbocycles. The summed E-state index contributed by atoms with van der Waals surface area (Å²) in [5.74, 6) is 0.534. The maximum absolute atomic E-state index is 12.5. The number of hydrogen-bond acceptors (Lipinski definition) is 4. The highest BCUT2D eigenvalue weighted by Crippen LogP contribution is 2.35. The summed E-state index contributed by atoms with van der Waals surface area (Å²) < 4.78 is 12.3. The summed E-state index contributed by atoms with van der Waals surface area (Å²) in [6, 6.07) is 17.4. The number of carbonyl (C=O) groups is 1. The van der Waals surface area contributed by atoms with Crippen LogP contribution < -0.4 is 4.74 Å². The molecule has 1 heterocycles. The Hall–Kier alpha value is -3.08. The van der Waals surface area contributed by atoms with Gasteiger partial charge in [0.2, 0.25) is 0 Å². The number of hydrogen-bond donors (Lipinski definition) is 0. The molecule has 0 radical (unpaired) electrons. The van der Waals surface area contributed by atoms with Crippen molar-refractivity contribution >= 4 is 5.97 Å². The Labute approximate surface area is 159 Å². The van der Waals surface area contributed by atoms with E-state index >= 15 is 0 Å². The van der Waals surface area contributed by atoms with Gasteiger partial charge in [0.15, 0.2) is 0 Å². The fourth-order valence-corrected chi connectivity index (χ4v) is 3.14. The predicted octanol–water partition coefficient (Wildman–Crippen LogP) is 4.74. The van der Waals surface area contributed by atoms with Crippen molar-refractivity contribution in [2.45, 2.75) is 26.3 Å². The quantitative estimate of drug-likeness (QED) is 0.568. The van der Waals surface area contributed by atoms with Gasteiger partial charge in [-0.05, 0) is 31.0 Å². The van der Waals surface area contributed by atoms with Gasteiger partial charge in [-0.1, -0.05) is 49.4 Å². The van der Waals surface area contributed by atoms with Gasteiger partial charge in [-0.3, -0.25) is 0 Å². The third kappa shape index (κ3) is 3.87. The zero-order valence-electron chi connectivity index (χ0n) is 15.9. The Kier molecular flexibility index (Phi) is 5.91. The summed E-state index contributed by atoms with van der Waals surface area (Å²) in [5.41, 5.74) is 3.88. The lowest BCUT2D eigenvalue weighted by atomic mass is 10.0. The third-order valence-corrected chi connectivity index (χ3v) is 4.48. The molecule has 1 atom stereocenters. The Morgan fingerprint density at radius 2 is 1.74 bits per heavy atom. The van der Waals surface area contributed by atoms with Crippen LogP contribution in [0.1, 0.15) is 26.3 Å². The lowest BCUT2D eigenvalue weighted by molar-refractivity contribution is -0.147. The van der Waals surface area contributed by atoms with Crippen LogP contribution in [-0.2, 0) is 9.53 Å². The van der Waals surface area contributed by atoms with E-state index in [4.69, 9.17) is 9.47 Å². The van der Waals surface area contributed by atoms with Crippen molar-refractivity contribution in [3.05, 3.63) is 60.8 Å². The van der Waals surface area contributed by atoms with Crippen molar-refractivity contribution in [1.82, 2.24) is 9.78 Å². The highest BCUT2D eigenvalue weighted by molar-refractivity contribution is 5.83. The summed E-state index contributed by atoms with van der Waals surface area (Å²) >= 11 is 0. The molecule has 0 bridgehead atoms. The zero-order chi connectivity index (χ0) is 19.2. The summed E-state index contributed by atoms with van der Waals surface area (Å²) in [6.07, 6.45) is 2.41. The molecule has 140 valence electrons. The first-order valence-corrected chi connectivity index (χ1v) is 9.13. The molecule has 3 rings (SSSR count). The largest absolute Gasteiger partial charge is 0.497 e. The van der Waals surface area contributed by atoms with Crippen LogP contribution in [0.3, 0.4) is 0 Å².